The average Bonchev–Trinajstić information content (AvgIpc) is 2.84. The summed E-state index contributed by atoms with van der Waals surface area (Å²) in [5, 5.41) is 6.26. The summed E-state index contributed by atoms with van der Waals surface area (Å²) in [4.78, 5) is 34.8. The van der Waals surface area contributed by atoms with E-state index >= 15 is 0 Å². The van der Waals surface area contributed by atoms with E-state index in [9.17, 15) is 4.79 Å². The third-order valence-electron chi connectivity index (χ3n) is 5.37. The Morgan fingerprint density at radius 1 is 0.971 bits per heavy atom. The van der Waals surface area contributed by atoms with Gasteiger partial charge in [0.15, 0.2) is 5.82 Å². The van der Waals surface area contributed by atoms with Crippen LogP contribution in [0.4, 0.5) is 23.1 Å². The lowest BCUT2D eigenvalue weighted by molar-refractivity contribution is 0.102. The summed E-state index contributed by atoms with van der Waals surface area (Å²) in [5.41, 5.74) is 4.27. The summed E-state index contributed by atoms with van der Waals surface area (Å²) < 4.78 is 0. The maximum atomic E-state index is 12.8. The van der Waals surface area contributed by atoms with Gasteiger partial charge in [-0.15, -0.1) is 0 Å². The first kappa shape index (κ1) is 23.1. The van der Waals surface area contributed by atoms with Gasteiger partial charge in [-0.05, 0) is 50.8 Å². The third-order valence-corrected chi connectivity index (χ3v) is 5.37. The van der Waals surface area contributed by atoms with Crippen molar-refractivity contribution in [2.45, 2.75) is 6.92 Å². The number of carbonyl (C=O) groups excluding carboxylic acids is 1. The van der Waals surface area contributed by atoms with Crippen molar-refractivity contribution in [2.24, 2.45) is 0 Å². The van der Waals surface area contributed by atoms with Crippen molar-refractivity contribution in [3.63, 3.8) is 0 Å². The topological polar surface area (TPSA) is 99.2 Å². The molecule has 0 radical (unpaired) electrons. The molecule has 9 nitrogen and oxygen atoms in total. The summed E-state index contributed by atoms with van der Waals surface area (Å²) >= 11 is 0. The second-order valence-electron chi connectivity index (χ2n) is 8.33. The normalized spacial score (nSPS) is 11.0. The molecule has 9 heteroatoms. The molecule has 2 aromatic carbocycles. The van der Waals surface area contributed by atoms with Crippen LogP contribution in [0.3, 0.4) is 0 Å². The Morgan fingerprint density at radius 3 is 2.53 bits per heavy atom. The van der Waals surface area contributed by atoms with Gasteiger partial charge < -0.3 is 20.4 Å². The fraction of sp³-hybridized carbons (Fsp3) is 0.240. The van der Waals surface area contributed by atoms with Gasteiger partial charge in [-0.1, -0.05) is 24.3 Å². The molecule has 0 atom stereocenters. The van der Waals surface area contributed by atoms with E-state index in [2.05, 4.69) is 30.5 Å². The van der Waals surface area contributed by atoms with Crippen LogP contribution in [0.2, 0.25) is 0 Å². The SMILES string of the molecule is Cc1ccc(C(=O)Nc2ccccc2)cc1Nc1ncnc2cnc(N(C)CCN(C)C)nc12. The molecule has 2 aromatic heterocycles. The number of aryl methyl sites for hydroxylation is 1. The van der Waals surface area contributed by atoms with Crippen LogP contribution >= 0.6 is 0 Å². The molecule has 0 spiro atoms. The molecule has 0 aliphatic rings. The number of nitrogens with zero attached hydrogens (tertiary/aromatic N) is 6. The Bertz CT molecular complexity index is 1290. The standard InChI is InChI=1S/C25H28N8O/c1-17-10-11-18(24(34)29-19-8-6-5-7-9-19)14-20(17)30-23-22-21(27-16-28-23)15-26-25(31-22)33(4)13-12-32(2)3/h5-11,14-16H,12-13H2,1-4H3,(H,29,34)(H,27,28,30). The molecule has 2 heterocycles. The Hall–Kier alpha value is -4.11. The van der Waals surface area contributed by atoms with Gasteiger partial charge in [-0.25, -0.2) is 19.9 Å². The molecule has 4 aromatic rings. The molecule has 2 N–H and O–H groups in total. The van der Waals surface area contributed by atoms with E-state index in [-0.39, 0.29) is 5.91 Å². The van der Waals surface area contributed by atoms with Crippen LogP contribution in [0.15, 0.2) is 61.1 Å². The predicted octanol–water partition coefficient (Wildman–Crippen LogP) is 3.72. The molecule has 0 unspecified atom stereocenters. The monoisotopic (exact) mass is 456 g/mol. The minimum absolute atomic E-state index is 0.186. The highest BCUT2D eigenvalue weighted by molar-refractivity contribution is 6.05. The van der Waals surface area contributed by atoms with Crippen LogP contribution in [-0.2, 0) is 0 Å². The van der Waals surface area contributed by atoms with E-state index < -0.39 is 0 Å². The van der Waals surface area contributed by atoms with E-state index in [1.807, 2.05) is 75.4 Å². The number of amides is 1. The third kappa shape index (κ3) is 5.44. The molecule has 0 fully saturated rings. The second-order valence-corrected chi connectivity index (χ2v) is 8.33. The predicted molar refractivity (Wildman–Crippen MR) is 136 cm³/mol. The molecule has 0 bridgehead atoms. The Labute approximate surface area is 198 Å². The maximum absolute atomic E-state index is 12.8. The number of nitrogens with one attached hydrogen (secondary N) is 2. The minimum atomic E-state index is -0.186. The van der Waals surface area contributed by atoms with Crippen LogP contribution in [0.1, 0.15) is 15.9 Å². The molecule has 34 heavy (non-hydrogen) atoms. The number of hydrogen-bond acceptors (Lipinski definition) is 8. The molecular formula is C25H28N8O. The van der Waals surface area contributed by atoms with Crippen molar-refractivity contribution in [1.82, 2.24) is 24.8 Å². The zero-order chi connectivity index (χ0) is 24.1. The van der Waals surface area contributed by atoms with Gasteiger partial charge in [-0.3, -0.25) is 4.79 Å². The molecule has 1 amide bonds. The van der Waals surface area contributed by atoms with Crippen molar-refractivity contribution in [3.05, 3.63) is 72.2 Å². The number of anilines is 4. The van der Waals surface area contributed by atoms with Gasteiger partial charge in [0.25, 0.3) is 5.91 Å². The van der Waals surface area contributed by atoms with E-state index in [1.165, 1.54) is 6.33 Å². The number of likely N-dealkylation sites (N-methyl/N-ethyl adjacent to an activating group) is 2. The minimum Gasteiger partial charge on any atom is -0.343 e. The van der Waals surface area contributed by atoms with Crippen molar-refractivity contribution < 1.29 is 4.79 Å². The first-order valence-corrected chi connectivity index (χ1v) is 11.0. The molecule has 4 rings (SSSR count). The zero-order valence-electron chi connectivity index (χ0n) is 19.8. The van der Waals surface area contributed by atoms with Crippen molar-refractivity contribution >= 4 is 40.1 Å². The fourth-order valence-electron chi connectivity index (χ4n) is 3.32. The highest BCUT2D eigenvalue weighted by Gasteiger charge is 2.14. The average molecular weight is 457 g/mol. The van der Waals surface area contributed by atoms with Crippen LogP contribution in [0, 0.1) is 6.92 Å². The number of aromatic nitrogens is 4. The largest absolute Gasteiger partial charge is 0.343 e. The number of fused-ring (bicyclic) bond motifs is 1. The van der Waals surface area contributed by atoms with Gasteiger partial charge >= 0.3 is 0 Å². The number of carbonyl (C=O) groups is 1. The van der Waals surface area contributed by atoms with Crippen molar-refractivity contribution in [2.75, 3.05) is 49.8 Å². The first-order valence-electron chi connectivity index (χ1n) is 11.0. The van der Waals surface area contributed by atoms with Crippen LogP contribution in [0.5, 0.6) is 0 Å². The Morgan fingerprint density at radius 2 is 1.76 bits per heavy atom. The lowest BCUT2D eigenvalue weighted by Crippen LogP contribution is -2.29. The number of rotatable bonds is 8. The van der Waals surface area contributed by atoms with Crippen LogP contribution < -0.4 is 15.5 Å². The maximum Gasteiger partial charge on any atom is 0.255 e. The summed E-state index contributed by atoms with van der Waals surface area (Å²) in [6.07, 6.45) is 3.18. The van der Waals surface area contributed by atoms with Gasteiger partial charge in [0.05, 0.1) is 6.20 Å². The van der Waals surface area contributed by atoms with E-state index in [0.29, 0.717) is 28.4 Å². The second kappa shape index (κ2) is 10.2. The summed E-state index contributed by atoms with van der Waals surface area (Å²) in [5.74, 6) is 0.965. The molecule has 0 aliphatic heterocycles. The number of benzene rings is 2. The number of para-hydroxylation sites is 1. The fourth-order valence-corrected chi connectivity index (χ4v) is 3.32. The summed E-state index contributed by atoms with van der Waals surface area (Å²) in [7, 11) is 6.02. The van der Waals surface area contributed by atoms with Crippen LogP contribution in [-0.4, -0.2) is 65.0 Å². The van der Waals surface area contributed by atoms with Gasteiger partial charge in [0.2, 0.25) is 5.95 Å². The Kier molecular flexibility index (Phi) is 6.93. The zero-order valence-corrected chi connectivity index (χ0v) is 19.8. The first-order chi connectivity index (χ1) is 16.4. The molecule has 174 valence electrons. The van der Waals surface area contributed by atoms with Crippen molar-refractivity contribution in [1.29, 1.82) is 0 Å². The van der Waals surface area contributed by atoms with E-state index in [4.69, 9.17) is 4.98 Å². The van der Waals surface area contributed by atoms with Gasteiger partial charge in [0, 0.05) is 37.1 Å². The molecular weight excluding hydrogens is 428 g/mol. The van der Waals surface area contributed by atoms with Gasteiger partial charge in [-0.2, -0.15) is 0 Å². The molecule has 0 saturated heterocycles. The van der Waals surface area contributed by atoms with E-state index in [1.54, 1.807) is 12.3 Å². The quantitative estimate of drug-likeness (QED) is 0.414. The lowest BCUT2D eigenvalue weighted by Gasteiger charge is -2.20. The highest BCUT2D eigenvalue weighted by atomic mass is 16.1. The highest BCUT2D eigenvalue weighted by Crippen LogP contribution is 2.26. The molecule has 0 saturated carbocycles. The van der Waals surface area contributed by atoms with Gasteiger partial charge in [0.1, 0.15) is 17.4 Å². The van der Waals surface area contributed by atoms with Crippen LogP contribution in [0.25, 0.3) is 11.0 Å². The molecule has 0 aliphatic carbocycles. The lowest BCUT2D eigenvalue weighted by atomic mass is 10.1. The summed E-state index contributed by atoms with van der Waals surface area (Å²) in [6.45, 7) is 3.64. The number of hydrogen-bond donors (Lipinski definition) is 2. The van der Waals surface area contributed by atoms with Crippen molar-refractivity contribution in [3.8, 4) is 0 Å². The smallest absolute Gasteiger partial charge is 0.255 e. The van der Waals surface area contributed by atoms with E-state index in [0.717, 1.165) is 30.0 Å². The summed E-state index contributed by atoms with van der Waals surface area (Å²) in [6, 6.07) is 14.9. The Balaban J connectivity index is 1.61.